The Morgan fingerprint density at radius 2 is 2.24 bits per heavy atom. The lowest BCUT2D eigenvalue weighted by molar-refractivity contribution is -0.143. The van der Waals surface area contributed by atoms with Crippen molar-refractivity contribution in [2.45, 2.75) is 38.2 Å². The molecule has 0 aromatic carbocycles. The molecule has 2 saturated heterocycles. The molecule has 15 heteroatoms. The zero-order chi connectivity index (χ0) is 23.6. The Bertz CT molecular complexity index is 1080. The molecule has 4 rings (SSSR count). The number of phosphoric ester groups is 1. The van der Waals surface area contributed by atoms with Crippen molar-refractivity contribution in [3.05, 3.63) is 6.33 Å². The standard InChI is InChI=1S/C18H24N5O9P/c1-3-28-12(25)5-4-6-29-33(26)30-8-11-14(32-33)10(7-24)17(31-11)23-9-20-13-15(23)21-18(19)22-16(13)27-2/h7,9-11,14,17H,3-6,8H2,1-2H3,(H2,19,21,22). The normalized spacial score (nSPS) is 29.0. The van der Waals surface area contributed by atoms with E-state index < -0.39 is 32.2 Å². The van der Waals surface area contributed by atoms with Gasteiger partial charge in [0.2, 0.25) is 11.8 Å². The molecule has 2 aliphatic heterocycles. The van der Waals surface area contributed by atoms with E-state index in [4.69, 9.17) is 33.5 Å². The van der Waals surface area contributed by atoms with Crippen molar-refractivity contribution in [3.63, 3.8) is 0 Å². The molecule has 2 N–H and O–H groups in total. The summed E-state index contributed by atoms with van der Waals surface area (Å²) in [6.45, 7) is 1.82. The highest BCUT2D eigenvalue weighted by molar-refractivity contribution is 7.48. The monoisotopic (exact) mass is 485 g/mol. The number of phosphoric acid groups is 1. The van der Waals surface area contributed by atoms with E-state index in [0.717, 1.165) is 0 Å². The van der Waals surface area contributed by atoms with Gasteiger partial charge in [-0.1, -0.05) is 0 Å². The molecule has 2 aromatic heterocycles. The maximum absolute atomic E-state index is 12.9. The number of carbonyl (C=O) groups excluding carboxylic acids is 2. The summed E-state index contributed by atoms with van der Waals surface area (Å²) in [5.41, 5.74) is 6.40. The maximum Gasteiger partial charge on any atom is 0.475 e. The Hall–Kier alpha value is -2.64. The van der Waals surface area contributed by atoms with Gasteiger partial charge >= 0.3 is 13.8 Å². The molecule has 33 heavy (non-hydrogen) atoms. The molecule has 0 amide bonds. The predicted molar refractivity (Wildman–Crippen MR) is 110 cm³/mol. The number of aldehydes is 1. The van der Waals surface area contributed by atoms with E-state index in [2.05, 4.69) is 15.0 Å². The topological polar surface area (TPSA) is 176 Å². The minimum absolute atomic E-state index is 0.0422. The van der Waals surface area contributed by atoms with Gasteiger partial charge < -0.3 is 24.7 Å². The molecule has 0 aliphatic carbocycles. The highest BCUT2D eigenvalue weighted by atomic mass is 31.2. The first-order valence-electron chi connectivity index (χ1n) is 10.3. The molecular weight excluding hydrogens is 461 g/mol. The highest BCUT2D eigenvalue weighted by Crippen LogP contribution is 2.57. The largest absolute Gasteiger partial charge is 0.479 e. The van der Waals surface area contributed by atoms with Crippen LogP contribution in [0.5, 0.6) is 5.88 Å². The third-order valence-electron chi connectivity index (χ3n) is 5.15. The molecule has 2 fully saturated rings. The fourth-order valence-corrected chi connectivity index (χ4v) is 5.15. The third-order valence-corrected chi connectivity index (χ3v) is 6.61. The van der Waals surface area contributed by atoms with Crippen LogP contribution in [0.3, 0.4) is 0 Å². The molecule has 0 spiro atoms. The van der Waals surface area contributed by atoms with Gasteiger partial charge in [-0.3, -0.25) is 22.9 Å². The van der Waals surface area contributed by atoms with E-state index in [1.165, 1.54) is 18.0 Å². The van der Waals surface area contributed by atoms with Crippen LogP contribution >= 0.6 is 7.82 Å². The lowest BCUT2D eigenvalue weighted by Crippen LogP contribution is -2.37. The number of esters is 1. The van der Waals surface area contributed by atoms with Gasteiger partial charge in [0.25, 0.3) is 0 Å². The fourth-order valence-electron chi connectivity index (χ4n) is 3.70. The molecule has 2 aliphatic rings. The maximum atomic E-state index is 12.9. The number of aromatic nitrogens is 4. The number of nitrogen functional groups attached to an aromatic ring is 1. The summed E-state index contributed by atoms with van der Waals surface area (Å²) in [6, 6.07) is 0. The SMILES string of the molecule is CCOC(=O)CCCOP1(=O)OCC2OC(n3cnc4c(OC)nc(N)nc43)C(C=O)C2O1. The van der Waals surface area contributed by atoms with E-state index in [1.54, 1.807) is 6.92 Å². The number of imidazole rings is 1. The van der Waals surface area contributed by atoms with Crippen molar-refractivity contribution in [1.29, 1.82) is 0 Å². The molecule has 180 valence electrons. The summed E-state index contributed by atoms with van der Waals surface area (Å²) in [6.07, 6.45) is -0.00963. The van der Waals surface area contributed by atoms with Crippen LogP contribution in [0, 0.1) is 5.92 Å². The molecule has 5 unspecified atom stereocenters. The van der Waals surface area contributed by atoms with Gasteiger partial charge in [0.05, 0.1) is 39.2 Å². The minimum atomic E-state index is -3.96. The molecule has 0 radical (unpaired) electrons. The second kappa shape index (κ2) is 9.69. The number of hydrogen-bond acceptors (Lipinski definition) is 13. The lowest BCUT2D eigenvalue weighted by atomic mass is 10.0. The summed E-state index contributed by atoms with van der Waals surface area (Å²) >= 11 is 0. The van der Waals surface area contributed by atoms with Gasteiger partial charge in [-0.2, -0.15) is 9.97 Å². The van der Waals surface area contributed by atoms with Gasteiger partial charge in [-0.15, -0.1) is 0 Å². The Balaban J connectivity index is 1.48. The molecular formula is C18H24N5O9P. The van der Waals surface area contributed by atoms with Crippen LogP contribution in [-0.4, -0.2) is 70.9 Å². The van der Waals surface area contributed by atoms with Crippen LogP contribution in [0.25, 0.3) is 11.2 Å². The number of methoxy groups -OCH3 is 1. The summed E-state index contributed by atoms with van der Waals surface area (Å²) in [4.78, 5) is 35.8. The first-order chi connectivity index (χ1) is 15.9. The average molecular weight is 485 g/mol. The van der Waals surface area contributed by atoms with Gasteiger partial charge in [0.1, 0.15) is 24.7 Å². The quantitative estimate of drug-likeness (QED) is 0.231. The van der Waals surface area contributed by atoms with Gasteiger partial charge in [0, 0.05) is 6.42 Å². The smallest absolute Gasteiger partial charge is 0.475 e. The van der Waals surface area contributed by atoms with Crippen molar-refractivity contribution in [2.75, 3.05) is 32.7 Å². The molecule has 5 atom stereocenters. The predicted octanol–water partition coefficient (Wildman–Crippen LogP) is 1.01. The highest BCUT2D eigenvalue weighted by Gasteiger charge is 2.54. The molecule has 4 heterocycles. The van der Waals surface area contributed by atoms with Crippen molar-refractivity contribution in [2.24, 2.45) is 5.92 Å². The number of hydrogen-bond donors (Lipinski definition) is 1. The third kappa shape index (κ3) is 4.70. The summed E-state index contributed by atoms with van der Waals surface area (Å²) in [5, 5.41) is 0. The van der Waals surface area contributed by atoms with E-state index >= 15 is 0 Å². The first kappa shape index (κ1) is 23.5. The van der Waals surface area contributed by atoms with E-state index in [9.17, 15) is 14.2 Å². The van der Waals surface area contributed by atoms with Crippen LogP contribution < -0.4 is 10.5 Å². The zero-order valence-electron chi connectivity index (χ0n) is 18.0. The summed E-state index contributed by atoms with van der Waals surface area (Å²) in [5.74, 6) is -1.12. The fraction of sp³-hybridized carbons (Fsp3) is 0.611. The lowest BCUT2D eigenvalue weighted by Gasteiger charge is -2.30. The molecule has 0 bridgehead atoms. The first-order valence-corrected chi connectivity index (χ1v) is 11.7. The van der Waals surface area contributed by atoms with Gasteiger partial charge in [0.15, 0.2) is 11.2 Å². The Kier molecular flexibility index (Phi) is 6.91. The number of carbonyl (C=O) groups is 2. The van der Waals surface area contributed by atoms with E-state index in [1.807, 2.05) is 0 Å². The van der Waals surface area contributed by atoms with Crippen LogP contribution in [0.4, 0.5) is 5.95 Å². The van der Waals surface area contributed by atoms with Crippen LogP contribution in [0.1, 0.15) is 26.0 Å². The zero-order valence-corrected chi connectivity index (χ0v) is 18.9. The van der Waals surface area contributed by atoms with Crippen LogP contribution in [-0.2, 0) is 37.2 Å². The Morgan fingerprint density at radius 3 is 2.97 bits per heavy atom. The van der Waals surface area contributed by atoms with E-state index in [0.29, 0.717) is 17.5 Å². The Labute approximate surface area is 188 Å². The number of anilines is 1. The van der Waals surface area contributed by atoms with Crippen molar-refractivity contribution >= 4 is 37.2 Å². The van der Waals surface area contributed by atoms with Crippen molar-refractivity contribution in [3.8, 4) is 5.88 Å². The molecule has 0 saturated carbocycles. The average Bonchev–Trinajstić information content (AvgIpc) is 3.36. The Morgan fingerprint density at radius 1 is 1.42 bits per heavy atom. The summed E-state index contributed by atoms with van der Waals surface area (Å²) in [7, 11) is -2.54. The number of ether oxygens (including phenoxy) is 3. The summed E-state index contributed by atoms with van der Waals surface area (Å²) < 4.78 is 46.6. The number of rotatable bonds is 9. The molecule has 2 aromatic rings. The van der Waals surface area contributed by atoms with E-state index in [-0.39, 0.29) is 50.5 Å². The second-order valence-corrected chi connectivity index (χ2v) is 8.87. The van der Waals surface area contributed by atoms with Crippen molar-refractivity contribution in [1.82, 2.24) is 19.5 Å². The van der Waals surface area contributed by atoms with Crippen LogP contribution in [0.15, 0.2) is 6.33 Å². The van der Waals surface area contributed by atoms with Crippen LogP contribution in [0.2, 0.25) is 0 Å². The van der Waals surface area contributed by atoms with Crippen molar-refractivity contribution < 1.29 is 41.9 Å². The van der Waals surface area contributed by atoms with Gasteiger partial charge in [-0.25, -0.2) is 9.55 Å². The molecule has 14 nitrogen and oxygen atoms in total. The minimum Gasteiger partial charge on any atom is -0.479 e. The number of fused-ring (bicyclic) bond motifs is 2. The number of nitrogens with two attached hydrogens (primary N) is 1. The van der Waals surface area contributed by atoms with Gasteiger partial charge in [-0.05, 0) is 13.3 Å². The number of nitrogens with zero attached hydrogens (tertiary/aromatic N) is 4. The second-order valence-electron chi connectivity index (χ2n) is 7.25.